The minimum atomic E-state index is -3.18. The van der Waals surface area contributed by atoms with Gasteiger partial charge in [-0.05, 0) is 0 Å². The van der Waals surface area contributed by atoms with Crippen LogP contribution in [0.3, 0.4) is 0 Å². The molecule has 0 amide bonds. The standard InChI is InChI=1S/C3H7NO6/c4-2(6,7)1(5)3(8,9)10-1/h5-9H,4H2. The van der Waals surface area contributed by atoms with E-state index >= 15 is 0 Å². The van der Waals surface area contributed by atoms with E-state index in [0.29, 0.717) is 0 Å². The normalized spacial score (nSPS) is 37.8. The number of aliphatic hydroxyl groups is 5. The van der Waals surface area contributed by atoms with E-state index in [-0.39, 0.29) is 0 Å². The van der Waals surface area contributed by atoms with Gasteiger partial charge in [-0.1, -0.05) is 0 Å². The summed E-state index contributed by atoms with van der Waals surface area (Å²) < 4.78 is 3.70. The molecule has 7 heteroatoms. The molecule has 1 saturated heterocycles. The lowest BCUT2D eigenvalue weighted by Crippen LogP contribution is -2.57. The molecular weight excluding hydrogens is 146 g/mol. The molecule has 0 aromatic heterocycles. The van der Waals surface area contributed by atoms with Crippen LogP contribution in [0.15, 0.2) is 0 Å². The average molecular weight is 153 g/mol. The third-order valence-corrected chi connectivity index (χ3v) is 1.19. The van der Waals surface area contributed by atoms with Gasteiger partial charge < -0.3 is 25.5 Å². The summed E-state index contributed by atoms with van der Waals surface area (Å²) in [4.78, 5) is 0. The quantitative estimate of drug-likeness (QED) is 0.166. The lowest BCUT2D eigenvalue weighted by Gasteiger charge is -2.18. The fourth-order valence-electron chi connectivity index (χ4n) is 0.495. The Labute approximate surface area is 54.9 Å². The van der Waals surface area contributed by atoms with Crippen molar-refractivity contribution in [3.05, 3.63) is 0 Å². The largest absolute Gasteiger partial charge is 0.354 e. The predicted molar refractivity (Wildman–Crippen MR) is 24.6 cm³/mol. The zero-order valence-corrected chi connectivity index (χ0v) is 4.72. The zero-order valence-electron chi connectivity index (χ0n) is 4.72. The molecule has 7 N–H and O–H groups in total. The molecule has 1 aliphatic heterocycles. The SMILES string of the molecule is NC(O)(O)C1(O)OC1(O)O. The first kappa shape index (κ1) is 7.82. The smallest absolute Gasteiger partial charge is 0.346 e. The number of rotatable bonds is 1. The Bertz CT molecular complexity index is 161. The number of hydrogen-bond donors (Lipinski definition) is 6. The number of ether oxygens (including phenoxy) is 1. The second kappa shape index (κ2) is 1.48. The fraction of sp³-hybridized carbons (Fsp3) is 1.00. The van der Waals surface area contributed by atoms with Crippen molar-refractivity contribution in [1.29, 1.82) is 0 Å². The second-order valence-electron chi connectivity index (χ2n) is 2.08. The summed E-state index contributed by atoms with van der Waals surface area (Å²) in [5.41, 5.74) is 4.47. The molecule has 1 rings (SSSR count). The van der Waals surface area contributed by atoms with Gasteiger partial charge in [-0.15, -0.1) is 0 Å². The lowest BCUT2D eigenvalue weighted by atomic mass is 10.2. The minimum Gasteiger partial charge on any atom is -0.354 e. The molecule has 60 valence electrons. The van der Waals surface area contributed by atoms with Crippen molar-refractivity contribution in [2.45, 2.75) is 17.7 Å². The van der Waals surface area contributed by atoms with Crippen LogP contribution in [0.2, 0.25) is 0 Å². The highest BCUT2D eigenvalue weighted by molar-refractivity contribution is 4.99. The third kappa shape index (κ3) is 0.739. The highest BCUT2D eigenvalue weighted by Crippen LogP contribution is 2.45. The van der Waals surface area contributed by atoms with Gasteiger partial charge in [0.05, 0.1) is 0 Å². The zero-order chi connectivity index (χ0) is 8.21. The molecule has 0 aromatic rings. The van der Waals surface area contributed by atoms with Gasteiger partial charge in [0.2, 0.25) is 0 Å². The van der Waals surface area contributed by atoms with Gasteiger partial charge in [0.1, 0.15) is 0 Å². The summed E-state index contributed by atoms with van der Waals surface area (Å²) >= 11 is 0. The Morgan fingerprint density at radius 3 is 1.50 bits per heavy atom. The average Bonchev–Trinajstić information content (AvgIpc) is 2.05. The summed E-state index contributed by atoms with van der Waals surface area (Å²) in [7, 11) is 0. The van der Waals surface area contributed by atoms with Crippen LogP contribution in [0.25, 0.3) is 0 Å². The van der Waals surface area contributed by atoms with Crippen LogP contribution >= 0.6 is 0 Å². The molecular formula is C3H7NO6. The van der Waals surface area contributed by atoms with Crippen LogP contribution in [0.5, 0.6) is 0 Å². The molecule has 1 fully saturated rings. The topological polar surface area (TPSA) is 140 Å². The van der Waals surface area contributed by atoms with Crippen molar-refractivity contribution < 1.29 is 30.3 Å². The Balaban J connectivity index is 2.78. The molecule has 0 radical (unpaired) electrons. The second-order valence-corrected chi connectivity index (χ2v) is 2.08. The van der Waals surface area contributed by atoms with Gasteiger partial charge >= 0.3 is 11.8 Å². The molecule has 10 heavy (non-hydrogen) atoms. The molecule has 0 aromatic carbocycles. The van der Waals surface area contributed by atoms with E-state index in [9.17, 15) is 0 Å². The lowest BCUT2D eigenvalue weighted by molar-refractivity contribution is -0.282. The fourth-order valence-corrected chi connectivity index (χ4v) is 0.495. The van der Waals surface area contributed by atoms with Crippen LogP contribution in [-0.2, 0) is 4.74 Å². The predicted octanol–water partition coefficient (Wildman–Crippen LogP) is -4.06. The molecule has 1 atom stereocenters. The van der Waals surface area contributed by atoms with Gasteiger partial charge in [0.25, 0.3) is 5.91 Å². The maximum Gasteiger partial charge on any atom is 0.346 e. The van der Waals surface area contributed by atoms with Crippen LogP contribution in [-0.4, -0.2) is 43.2 Å². The summed E-state index contributed by atoms with van der Waals surface area (Å²) in [6.07, 6.45) is 0. The first-order valence-electron chi connectivity index (χ1n) is 2.31. The van der Waals surface area contributed by atoms with Crippen molar-refractivity contribution >= 4 is 0 Å². The van der Waals surface area contributed by atoms with Crippen LogP contribution in [0, 0.1) is 0 Å². The molecule has 0 aliphatic carbocycles. The first-order valence-corrected chi connectivity index (χ1v) is 2.31. The summed E-state index contributed by atoms with van der Waals surface area (Å²) in [5.74, 6) is -9.08. The number of nitrogens with two attached hydrogens (primary N) is 1. The van der Waals surface area contributed by atoms with E-state index in [1.807, 2.05) is 0 Å². The van der Waals surface area contributed by atoms with E-state index in [4.69, 9.17) is 25.5 Å². The Morgan fingerprint density at radius 1 is 1.20 bits per heavy atom. The van der Waals surface area contributed by atoms with Gasteiger partial charge in [0.15, 0.2) is 0 Å². The van der Waals surface area contributed by atoms with Gasteiger partial charge in [-0.3, -0.25) is 10.5 Å². The monoisotopic (exact) mass is 153 g/mol. The highest BCUT2D eigenvalue weighted by atomic mass is 16.9. The van der Waals surface area contributed by atoms with E-state index in [2.05, 4.69) is 10.5 Å². The Morgan fingerprint density at radius 2 is 1.50 bits per heavy atom. The van der Waals surface area contributed by atoms with Crippen molar-refractivity contribution in [2.24, 2.45) is 5.73 Å². The molecule has 0 saturated carbocycles. The summed E-state index contributed by atoms with van der Waals surface area (Å²) in [5, 5.41) is 42.2. The Kier molecular flexibility index (Phi) is 1.16. The number of hydrogen-bond acceptors (Lipinski definition) is 7. The van der Waals surface area contributed by atoms with Crippen LogP contribution < -0.4 is 5.73 Å². The van der Waals surface area contributed by atoms with Crippen molar-refractivity contribution in [3.8, 4) is 0 Å². The Hall–Kier alpha value is -0.280. The van der Waals surface area contributed by atoms with Gasteiger partial charge in [-0.25, -0.2) is 0 Å². The molecule has 1 unspecified atom stereocenters. The van der Waals surface area contributed by atoms with Gasteiger partial charge in [0, 0.05) is 0 Å². The maximum atomic E-state index is 8.65. The van der Waals surface area contributed by atoms with Crippen molar-refractivity contribution in [2.75, 3.05) is 0 Å². The third-order valence-electron chi connectivity index (χ3n) is 1.19. The van der Waals surface area contributed by atoms with E-state index in [0.717, 1.165) is 0 Å². The molecule has 1 heterocycles. The van der Waals surface area contributed by atoms with Crippen molar-refractivity contribution in [3.63, 3.8) is 0 Å². The summed E-state index contributed by atoms with van der Waals surface area (Å²) in [6, 6.07) is 0. The minimum absolute atomic E-state index is 2.92. The highest BCUT2D eigenvalue weighted by Gasteiger charge is 2.80. The number of epoxide rings is 1. The molecule has 7 nitrogen and oxygen atoms in total. The maximum absolute atomic E-state index is 8.65. The van der Waals surface area contributed by atoms with E-state index in [1.54, 1.807) is 0 Å². The van der Waals surface area contributed by atoms with E-state index < -0.39 is 17.7 Å². The van der Waals surface area contributed by atoms with E-state index in [1.165, 1.54) is 0 Å². The molecule has 0 spiro atoms. The van der Waals surface area contributed by atoms with Crippen LogP contribution in [0.1, 0.15) is 0 Å². The first-order chi connectivity index (χ1) is 4.21. The molecule has 0 bridgehead atoms. The molecule has 1 aliphatic rings. The van der Waals surface area contributed by atoms with Gasteiger partial charge in [-0.2, -0.15) is 0 Å². The summed E-state index contributed by atoms with van der Waals surface area (Å²) in [6.45, 7) is 0. The van der Waals surface area contributed by atoms with Crippen LogP contribution in [0.4, 0.5) is 0 Å². The van der Waals surface area contributed by atoms with Crippen molar-refractivity contribution in [1.82, 2.24) is 0 Å².